The predicted octanol–water partition coefficient (Wildman–Crippen LogP) is 27.3. The van der Waals surface area contributed by atoms with Crippen molar-refractivity contribution in [2.24, 2.45) is 0 Å². The molecule has 0 unspecified atom stereocenters. The Hall–Kier alpha value is -8.70. The summed E-state index contributed by atoms with van der Waals surface area (Å²) in [6, 6.07) is 37.4. The predicted molar refractivity (Wildman–Crippen MR) is 508 cm³/mol. The fourth-order valence-corrected chi connectivity index (χ4v) is 16.3. The summed E-state index contributed by atoms with van der Waals surface area (Å²) in [5.41, 5.74) is 26.3. The molecular weight excluding hydrogens is 1510 g/mol. The maximum atomic E-state index is 12.7. The fraction of sp³-hybridized carbons (Fsp3) is 0.550. The molecule has 2 aliphatic rings. The van der Waals surface area contributed by atoms with Gasteiger partial charge in [-0.3, -0.25) is 4.79 Å². The van der Waals surface area contributed by atoms with Gasteiger partial charge in [-0.2, -0.15) is 0 Å². The van der Waals surface area contributed by atoms with Crippen molar-refractivity contribution in [3.63, 3.8) is 0 Å². The average molecular weight is 1660 g/mol. The van der Waals surface area contributed by atoms with Crippen LogP contribution in [0.25, 0.3) is 0 Å². The van der Waals surface area contributed by atoms with Gasteiger partial charge in [-0.1, -0.05) is 305 Å². The first kappa shape index (κ1) is 97.1. The molecule has 1 N–H and O–H groups in total. The molecule has 0 saturated carbocycles. The second kappa shape index (κ2) is 39.7. The zero-order valence-corrected chi connectivity index (χ0v) is 81.3. The van der Waals surface area contributed by atoms with E-state index in [2.05, 4.69) is 305 Å². The largest absolute Gasteiger partial charge is 0.493 e. The Labute approximate surface area is 737 Å². The molecule has 0 fully saturated rings. The molecule has 0 atom stereocenters. The number of hydrogen-bond donors (Lipinski definition) is 1. The van der Waals surface area contributed by atoms with Gasteiger partial charge in [0, 0.05) is 51.4 Å². The Balaban J connectivity index is 0.000000277. The maximum Gasteiger partial charge on any atom is 0.341 e. The number of carboxylic acid groups (broad SMARTS) is 1. The number of hydrogen-bond acceptors (Lipinski definition) is 10. The SMILES string of the molecule is CCCOc1c2cc(C(C)(C)C)cc1Cc1cc(C(C)(C)C)cc(c1OCCC)Cc1cc(C(C)(C)C)cc(c1OCC(=O)O)Cc1cc(C(C)(C)C)cc(c1OCCC)C2.CCCOc1c2cc(C(C)(C)C)cc1Cc1cc(C(C)(C)C)cc(c1OCCC)Cc1cc(C(C)(C)C)cc(c1OCC(C)=O)Cc1cc(C(C)(C)C)cc(c1OCCC)C2. The van der Waals surface area contributed by atoms with Gasteiger partial charge in [0.1, 0.15) is 52.6 Å². The van der Waals surface area contributed by atoms with Gasteiger partial charge in [-0.15, -0.1) is 0 Å². The quantitative estimate of drug-likeness (QED) is 0.0621. The highest BCUT2D eigenvalue weighted by Gasteiger charge is 2.34. The summed E-state index contributed by atoms with van der Waals surface area (Å²) in [6.45, 7) is 72.4. The highest BCUT2D eigenvalue weighted by molar-refractivity contribution is 5.77. The Kier molecular flexibility index (Phi) is 31.6. The molecule has 122 heavy (non-hydrogen) atoms. The van der Waals surface area contributed by atoms with E-state index in [9.17, 15) is 14.7 Å². The van der Waals surface area contributed by atoms with Crippen LogP contribution in [-0.4, -0.2) is 69.7 Å². The minimum absolute atomic E-state index is 0.000892. The van der Waals surface area contributed by atoms with Gasteiger partial charge < -0.3 is 43.0 Å². The van der Waals surface area contributed by atoms with E-state index in [1.54, 1.807) is 6.92 Å². The number of ether oxygens (including phenoxy) is 8. The zero-order chi connectivity index (χ0) is 90.2. The Morgan fingerprint density at radius 3 is 0.434 bits per heavy atom. The third-order valence-corrected chi connectivity index (χ3v) is 23.4. The van der Waals surface area contributed by atoms with Crippen LogP contribution >= 0.6 is 0 Å². The van der Waals surface area contributed by atoms with Gasteiger partial charge in [0.05, 0.1) is 39.6 Å². The van der Waals surface area contributed by atoms with Crippen LogP contribution in [-0.2, 0) is 104 Å². The van der Waals surface area contributed by atoms with Crippen LogP contribution in [0.1, 0.15) is 387 Å². The van der Waals surface area contributed by atoms with Gasteiger partial charge in [0.2, 0.25) is 0 Å². The number of carbonyl (C=O) groups excluding carboxylic acids is 1. The molecule has 11 nitrogen and oxygen atoms in total. The van der Waals surface area contributed by atoms with E-state index in [4.69, 9.17) is 37.9 Å². The minimum Gasteiger partial charge on any atom is -0.493 e. The van der Waals surface area contributed by atoms with Crippen molar-refractivity contribution in [3.8, 4) is 46.0 Å². The molecule has 2 aliphatic carbocycles. The van der Waals surface area contributed by atoms with E-state index in [-0.39, 0.29) is 55.7 Å². The lowest BCUT2D eigenvalue weighted by Crippen LogP contribution is -2.18. The number of carboxylic acids is 1. The molecular formula is C111H154O11. The first-order valence-electron chi connectivity index (χ1n) is 45.9. The first-order valence-corrected chi connectivity index (χ1v) is 45.9. The lowest BCUT2D eigenvalue weighted by molar-refractivity contribution is -0.139. The van der Waals surface area contributed by atoms with Crippen molar-refractivity contribution in [2.45, 2.75) is 348 Å². The van der Waals surface area contributed by atoms with Crippen molar-refractivity contribution in [1.82, 2.24) is 0 Å². The molecule has 8 aromatic carbocycles. The van der Waals surface area contributed by atoms with Crippen LogP contribution < -0.4 is 37.9 Å². The van der Waals surface area contributed by atoms with Crippen molar-refractivity contribution in [1.29, 1.82) is 0 Å². The standard InChI is InChI=1S/C56H78O5.C55H76O6/c1-17-20-58-49-37-23-39-29-46(54(8,9)10)31-41(50(39)59-21-18-2)25-43-33-48(56(14,15)16)34-44(52(43)61-35-36(4)57)26-42-32-47(55(11,12)13)30-40(51(42)60-22-19-3)24-38(49)28-45(27-37)53(5,6)7;1-16-19-58-48-35-22-37-28-44(53(7,8)9)30-39(49(37)59-20-17-2)24-41-32-46(55(13,14)15)33-42(51(41)61-34-47(56)57)25-40-31-45(54(10,11)12)29-38(50(40)60-21-18-3)23-36(48)27-43(26-35)52(4,5)6/h27-34H,17-26,35H2,1-16H3;26-33H,16-25,34H2,1-15H3,(H,56,57). The number of ketones is 1. The van der Waals surface area contributed by atoms with Gasteiger partial charge in [0.25, 0.3) is 0 Å². The molecule has 16 bridgehead atoms. The highest BCUT2D eigenvalue weighted by atomic mass is 16.5. The Morgan fingerprint density at radius 2 is 0.336 bits per heavy atom. The molecule has 0 amide bonds. The normalized spacial score (nSPS) is 13.5. The molecule has 10 rings (SSSR count). The van der Waals surface area contributed by atoms with Crippen LogP contribution in [0.15, 0.2) is 97.1 Å². The molecule has 0 aliphatic heterocycles. The van der Waals surface area contributed by atoms with Gasteiger partial charge in [0.15, 0.2) is 12.4 Å². The summed E-state index contributed by atoms with van der Waals surface area (Å²) >= 11 is 0. The lowest BCUT2D eigenvalue weighted by atomic mass is 9.79. The fourth-order valence-electron chi connectivity index (χ4n) is 16.3. The maximum absolute atomic E-state index is 12.7. The first-order chi connectivity index (χ1) is 56.9. The Bertz CT molecular complexity index is 4420. The topological polar surface area (TPSA) is 128 Å². The Morgan fingerprint density at radius 1 is 0.221 bits per heavy atom. The molecule has 0 aromatic heterocycles. The monoisotopic (exact) mass is 1660 g/mol. The van der Waals surface area contributed by atoms with Crippen LogP contribution in [0.3, 0.4) is 0 Å². The summed E-state index contributed by atoms with van der Waals surface area (Å²) in [5, 5.41) is 10.1. The molecule has 0 saturated heterocycles. The van der Waals surface area contributed by atoms with Crippen molar-refractivity contribution >= 4 is 11.8 Å². The smallest absolute Gasteiger partial charge is 0.341 e. The molecule has 0 heterocycles. The van der Waals surface area contributed by atoms with Crippen molar-refractivity contribution in [3.05, 3.63) is 231 Å². The molecule has 664 valence electrons. The van der Waals surface area contributed by atoms with Crippen LogP contribution in [0.4, 0.5) is 0 Å². The number of benzene rings is 8. The molecule has 8 aromatic rings. The van der Waals surface area contributed by atoms with E-state index in [0.717, 1.165) is 162 Å². The van der Waals surface area contributed by atoms with Gasteiger partial charge in [-0.25, -0.2) is 4.79 Å². The number of Topliss-reactive ketones (excluding diaryl/α,β-unsaturated/α-hetero) is 1. The van der Waals surface area contributed by atoms with E-state index in [1.165, 1.54) is 50.1 Å². The third kappa shape index (κ3) is 24.9. The van der Waals surface area contributed by atoms with E-state index >= 15 is 0 Å². The van der Waals surface area contributed by atoms with Crippen LogP contribution in [0, 0.1) is 0 Å². The van der Waals surface area contributed by atoms with Gasteiger partial charge >= 0.3 is 5.97 Å². The number of carbonyl (C=O) groups is 2. The third-order valence-electron chi connectivity index (χ3n) is 23.4. The lowest BCUT2D eigenvalue weighted by Gasteiger charge is -2.29. The van der Waals surface area contributed by atoms with E-state index in [1.807, 2.05) is 0 Å². The second-order valence-electron chi connectivity index (χ2n) is 43.2. The second-order valence-corrected chi connectivity index (χ2v) is 43.2. The summed E-state index contributed by atoms with van der Waals surface area (Å²) in [5.74, 6) is 5.91. The van der Waals surface area contributed by atoms with Gasteiger partial charge in [-0.05, 0) is 222 Å². The average Bonchev–Trinajstić information content (AvgIpc) is 0.760. The summed E-state index contributed by atoms with van der Waals surface area (Å²) in [6.07, 6.45) is 10.0. The van der Waals surface area contributed by atoms with Crippen molar-refractivity contribution in [2.75, 3.05) is 52.9 Å². The summed E-state index contributed by atoms with van der Waals surface area (Å²) < 4.78 is 54.6. The summed E-state index contributed by atoms with van der Waals surface area (Å²) in [7, 11) is 0. The molecule has 11 heteroatoms. The number of fused-ring (bicyclic) bond motifs is 16. The zero-order valence-electron chi connectivity index (χ0n) is 81.3. The summed E-state index contributed by atoms with van der Waals surface area (Å²) in [4.78, 5) is 25.0. The number of aliphatic carboxylic acids is 1. The van der Waals surface area contributed by atoms with Crippen molar-refractivity contribution < 1.29 is 52.6 Å². The molecule has 0 spiro atoms. The highest BCUT2D eigenvalue weighted by Crippen LogP contribution is 2.49. The minimum atomic E-state index is -1.01. The van der Waals surface area contributed by atoms with Crippen LogP contribution in [0.2, 0.25) is 0 Å². The number of rotatable bonds is 24. The van der Waals surface area contributed by atoms with E-state index in [0.29, 0.717) is 96.8 Å². The van der Waals surface area contributed by atoms with Crippen LogP contribution in [0.5, 0.6) is 46.0 Å². The van der Waals surface area contributed by atoms with E-state index < -0.39 is 12.6 Å². The molecule has 0 radical (unpaired) electrons.